The van der Waals surface area contributed by atoms with Gasteiger partial charge in [-0.05, 0) is 24.8 Å². The van der Waals surface area contributed by atoms with E-state index in [1.807, 2.05) is 0 Å². The third-order valence-corrected chi connectivity index (χ3v) is 7.07. The number of hydrogen-bond acceptors (Lipinski definition) is 1. The van der Waals surface area contributed by atoms with Crippen LogP contribution in [0, 0.1) is 0 Å². The van der Waals surface area contributed by atoms with Gasteiger partial charge in [-0.1, -0.05) is 147 Å². The Morgan fingerprint density at radius 3 is 1.47 bits per heavy atom. The van der Waals surface area contributed by atoms with Gasteiger partial charge in [0.15, 0.2) is 0 Å². The van der Waals surface area contributed by atoms with Crippen molar-refractivity contribution in [3.8, 4) is 0 Å². The van der Waals surface area contributed by atoms with Crippen molar-refractivity contribution in [2.45, 2.75) is 148 Å². The van der Waals surface area contributed by atoms with Crippen molar-refractivity contribution in [2.75, 3.05) is 0 Å². The molecule has 0 aliphatic carbocycles. The molecule has 0 fully saturated rings. The maximum absolute atomic E-state index is 6.90. The molecule has 1 aromatic carbocycles. The minimum atomic E-state index is 0.169. The van der Waals surface area contributed by atoms with E-state index in [4.69, 9.17) is 5.73 Å². The number of unbranched alkanes of at least 4 members (excludes halogenated alkanes) is 12. The molecule has 174 valence electrons. The summed E-state index contributed by atoms with van der Waals surface area (Å²) < 4.78 is 0. The van der Waals surface area contributed by atoms with E-state index in [1.54, 1.807) is 0 Å². The number of nitrogens with two attached hydrogens (primary N) is 1. The number of benzene rings is 1. The van der Waals surface area contributed by atoms with Crippen LogP contribution in [0.15, 0.2) is 30.3 Å². The van der Waals surface area contributed by atoms with Gasteiger partial charge in [0.05, 0.1) is 0 Å². The SMILES string of the molecule is CCCCCCCCCCCCCCCC(N)C(CCC)(CCC)c1ccccc1. The fraction of sp³-hybridized carbons (Fsp3) is 0.793. The van der Waals surface area contributed by atoms with Gasteiger partial charge >= 0.3 is 0 Å². The summed E-state index contributed by atoms with van der Waals surface area (Å²) in [6.07, 6.45) is 24.4. The first-order valence-electron chi connectivity index (χ1n) is 13.5. The predicted octanol–water partition coefficient (Wildman–Crippen LogP) is 9.33. The van der Waals surface area contributed by atoms with Crippen molar-refractivity contribution >= 4 is 0 Å². The van der Waals surface area contributed by atoms with Gasteiger partial charge in [-0.25, -0.2) is 0 Å². The molecule has 1 nitrogen and oxygen atoms in total. The van der Waals surface area contributed by atoms with Crippen LogP contribution in [0.25, 0.3) is 0 Å². The van der Waals surface area contributed by atoms with Crippen LogP contribution in [0.3, 0.4) is 0 Å². The largest absolute Gasteiger partial charge is 0.327 e. The van der Waals surface area contributed by atoms with E-state index >= 15 is 0 Å². The highest BCUT2D eigenvalue weighted by Crippen LogP contribution is 2.38. The van der Waals surface area contributed by atoms with Gasteiger partial charge < -0.3 is 5.73 Å². The molecular weight excluding hydrogens is 362 g/mol. The van der Waals surface area contributed by atoms with Gasteiger partial charge in [0.1, 0.15) is 0 Å². The maximum atomic E-state index is 6.90. The molecule has 0 spiro atoms. The quantitative estimate of drug-likeness (QED) is 0.211. The summed E-state index contributed by atoms with van der Waals surface area (Å²) in [7, 11) is 0. The second-order valence-electron chi connectivity index (χ2n) is 9.66. The van der Waals surface area contributed by atoms with E-state index in [0.717, 1.165) is 0 Å². The van der Waals surface area contributed by atoms with E-state index < -0.39 is 0 Å². The monoisotopic (exact) mass is 415 g/mol. The Kier molecular flexibility index (Phi) is 16.2. The summed E-state index contributed by atoms with van der Waals surface area (Å²) in [6, 6.07) is 11.4. The van der Waals surface area contributed by atoms with Gasteiger partial charge in [-0.2, -0.15) is 0 Å². The summed E-state index contributed by atoms with van der Waals surface area (Å²) in [5.74, 6) is 0. The Morgan fingerprint density at radius 1 is 0.600 bits per heavy atom. The maximum Gasteiger partial charge on any atom is 0.0136 e. The molecule has 1 rings (SSSR count). The van der Waals surface area contributed by atoms with Crippen LogP contribution in [-0.4, -0.2) is 6.04 Å². The summed E-state index contributed by atoms with van der Waals surface area (Å²) in [5.41, 5.74) is 8.53. The molecule has 0 saturated heterocycles. The van der Waals surface area contributed by atoms with Crippen molar-refractivity contribution in [1.82, 2.24) is 0 Å². The summed E-state index contributed by atoms with van der Waals surface area (Å²) in [4.78, 5) is 0. The standard InChI is InChI=1S/C29H53N/c1-4-7-8-9-10-11-12-13-14-15-16-17-21-24-28(30)29(25-5-2,26-6-3)27-22-19-18-20-23-27/h18-20,22-23,28H,4-17,21,24-26,30H2,1-3H3. The zero-order valence-electron chi connectivity index (χ0n) is 20.8. The molecule has 0 saturated carbocycles. The van der Waals surface area contributed by atoms with E-state index in [9.17, 15) is 0 Å². The van der Waals surface area contributed by atoms with Gasteiger partial charge in [0.2, 0.25) is 0 Å². The van der Waals surface area contributed by atoms with E-state index in [1.165, 1.54) is 121 Å². The zero-order chi connectivity index (χ0) is 21.9. The van der Waals surface area contributed by atoms with Crippen LogP contribution in [0.2, 0.25) is 0 Å². The van der Waals surface area contributed by atoms with Crippen LogP contribution in [0.4, 0.5) is 0 Å². The summed E-state index contributed by atoms with van der Waals surface area (Å²) >= 11 is 0. The topological polar surface area (TPSA) is 26.0 Å². The van der Waals surface area contributed by atoms with Gasteiger partial charge in [0, 0.05) is 11.5 Å². The molecule has 0 aliphatic rings. The molecule has 0 bridgehead atoms. The molecule has 0 heterocycles. The zero-order valence-corrected chi connectivity index (χ0v) is 20.8. The molecule has 1 atom stereocenters. The van der Waals surface area contributed by atoms with E-state index in [-0.39, 0.29) is 11.5 Å². The van der Waals surface area contributed by atoms with E-state index in [0.29, 0.717) is 0 Å². The Labute approximate surface area is 189 Å². The minimum Gasteiger partial charge on any atom is -0.327 e. The number of hydrogen-bond donors (Lipinski definition) is 1. The molecule has 0 aliphatic heterocycles. The molecule has 1 aromatic rings. The summed E-state index contributed by atoms with van der Waals surface area (Å²) in [6.45, 7) is 6.92. The van der Waals surface area contributed by atoms with Gasteiger partial charge in [-0.15, -0.1) is 0 Å². The van der Waals surface area contributed by atoms with Crippen molar-refractivity contribution < 1.29 is 0 Å². The highest BCUT2D eigenvalue weighted by molar-refractivity contribution is 5.27. The second-order valence-corrected chi connectivity index (χ2v) is 9.66. The second kappa shape index (κ2) is 17.8. The van der Waals surface area contributed by atoms with Crippen LogP contribution in [0.5, 0.6) is 0 Å². The average Bonchev–Trinajstić information content (AvgIpc) is 2.77. The third kappa shape index (κ3) is 10.5. The first-order valence-corrected chi connectivity index (χ1v) is 13.5. The lowest BCUT2D eigenvalue weighted by atomic mass is 9.67. The van der Waals surface area contributed by atoms with Crippen molar-refractivity contribution in [3.63, 3.8) is 0 Å². The molecule has 1 unspecified atom stereocenters. The van der Waals surface area contributed by atoms with E-state index in [2.05, 4.69) is 51.1 Å². The highest BCUT2D eigenvalue weighted by atomic mass is 14.7. The minimum absolute atomic E-state index is 0.169. The Morgan fingerprint density at radius 2 is 1.03 bits per heavy atom. The first kappa shape index (κ1) is 27.2. The fourth-order valence-corrected chi connectivity index (χ4v) is 5.32. The molecule has 0 amide bonds. The van der Waals surface area contributed by atoms with Crippen LogP contribution in [0.1, 0.15) is 142 Å². The molecule has 0 aromatic heterocycles. The van der Waals surface area contributed by atoms with Crippen LogP contribution in [-0.2, 0) is 5.41 Å². The third-order valence-electron chi connectivity index (χ3n) is 7.07. The normalized spacial score (nSPS) is 12.9. The van der Waals surface area contributed by atoms with Gasteiger partial charge in [0.25, 0.3) is 0 Å². The molecular formula is C29H53N. The first-order chi connectivity index (χ1) is 14.7. The lowest BCUT2D eigenvalue weighted by Gasteiger charge is -2.40. The predicted molar refractivity (Wildman–Crippen MR) is 136 cm³/mol. The molecule has 1 heteroatoms. The van der Waals surface area contributed by atoms with Crippen molar-refractivity contribution in [2.24, 2.45) is 5.73 Å². The van der Waals surface area contributed by atoms with Crippen molar-refractivity contribution in [1.29, 1.82) is 0 Å². The Hall–Kier alpha value is -0.820. The highest BCUT2D eigenvalue weighted by Gasteiger charge is 2.36. The van der Waals surface area contributed by atoms with Gasteiger partial charge in [-0.3, -0.25) is 0 Å². The smallest absolute Gasteiger partial charge is 0.0136 e. The Balaban J connectivity index is 2.24. The molecule has 30 heavy (non-hydrogen) atoms. The fourth-order valence-electron chi connectivity index (χ4n) is 5.32. The van der Waals surface area contributed by atoms with Crippen LogP contribution >= 0.6 is 0 Å². The lowest BCUT2D eigenvalue weighted by Crippen LogP contribution is -2.45. The summed E-state index contributed by atoms with van der Waals surface area (Å²) in [5, 5.41) is 0. The van der Waals surface area contributed by atoms with Crippen molar-refractivity contribution in [3.05, 3.63) is 35.9 Å². The lowest BCUT2D eigenvalue weighted by molar-refractivity contribution is 0.272. The average molecular weight is 416 g/mol. The number of rotatable bonds is 20. The Bertz CT molecular complexity index is 474. The molecule has 2 N–H and O–H groups in total. The molecule has 0 radical (unpaired) electrons. The van der Waals surface area contributed by atoms with Crippen LogP contribution < -0.4 is 5.73 Å².